The zero-order valence-corrected chi connectivity index (χ0v) is 17.9. The summed E-state index contributed by atoms with van der Waals surface area (Å²) in [5, 5.41) is 0. The van der Waals surface area contributed by atoms with Gasteiger partial charge in [0, 0.05) is 13.1 Å². The average molecular weight is 398 g/mol. The molecule has 2 aliphatic heterocycles. The van der Waals surface area contributed by atoms with Gasteiger partial charge in [0.25, 0.3) is 0 Å². The van der Waals surface area contributed by atoms with Crippen molar-refractivity contribution < 1.29 is 18.9 Å². The quantitative estimate of drug-likeness (QED) is 0.740. The Balaban J connectivity index is 1.60. The van der Waals surface area contributed by atoms with E-state index in [4.69, 9.17) is 18.9 Å². The summed E-state index contributed by atoms with van der Waals surface area (Å²) in [6, 6.07) is 10.5. The lowest BCUT2D eigenvalue weighted by molar-refractivity contribution is -0.0132. The minimum Gasteiger partial charge on any atom is -0.493 e. The van der Waals surface area contributed by atoms with Gasteiger partial charge in [0.2, 0.25) is 5.75 Å². The predicted octanol–water partition coefficient (Wildman–Crippen LogP) is 4.56. The molecule has 1 fully saturated rings. The van der Waals surface area contributed by atoms with Gasteiger partial charge in [0.1, 0.15) is 11.4 Å². The summed E-state index contributed by atoms with van der Waals surface area (Å²) in [5.74, 6) is 2.98. The van der Waals surface area contributed by atoms with Crippen LogP contribution in [-0.2, 0) is 6.42 Å². The molecule has 0 N–H and O–H groups in total. The van der Waals surface area contributed by atoms with E-state index in [1.807, 2.05) is 12.1 Å². The van der Waals surface area contributed by atoms with Crippen LogP contribution in [0.5, 0.6) is 23.0 Å². The number of nitrogens with zero attached hydrogens (tertiary/aromatic N) is 1. The number of aryl methyl sites for hydroxylation is 1. The number of piperidine rings is 1. The Morgan fingerprint density at radius 3 is 2.17 bits per heavy atom. The van der Waals surface area contributed by atoms with E-state index in [-0.39, 0.29) is 5.60 Å². The van der Waals surface area contributed by atoms with Crippen LogP contribution < -0.4 is 18.9 Å². The fourth-order valence-electron chi connectivity index (χ4n) is 4.58. The van der Waals surface area contributed by atoms with Crippen LogP contribution in [0.1, 0.15) is 31.7 Å². The summed E-state index contributed by atoms with van der Waals surface area (Å²) in [7, 11) is 4.91. The maximum absolute atomic E-state index is 6.57. The van der Waals surface area contributed by atoms with Gasteiger partial charge in [0.05, 0.1) is 21.3 Å². The molecule has 0 aromatic heterocycles. The maximum atomic E-state index is 6.57. The molecule has 1 saturated heterocycles. The zero-order chi connectivity index (χ0) is 20.4. The van der Waals surface area contributed by atoms with E-state index in [9.17, 15) is 0 Å². The van der Waals surface area contributed by atoms with E-state index in [0.29, 0.717) is 17.2 Å². The summed E-state index contributed by atoms with van der Waals surface area (Å²) in [6.07, 6.45) is 4.39. The molecule has 2 aromatic rings. The number of likely N-dealkylation sites (tertiary alicyclic amines) is 1. The van der Waals surface area contributed by atoms with Crippen LogP contribution in [-0.4, -0.2) is 51.5 Å². The number of rotatable bonds is 5. The lowest BCUT2D eigenvalue weighted by atomic mass is 9.82. The van der Waals surface area contributed by atoms with Gasteiger partial charge in [0.15, 0.2) is 11.5 Å². The third-order valence-electron chi connectivity index (χ3n) is 6.45. The SMILES string of the molecule is CCN1CCC2(CCc3cc(-c4cc(OC)c(OC)c(OC)c4)ccc3O2)CC1. The number of hydrogen-bond donors (Lipinski definition) is 0. The summed E-state index contributed by atoms with van der Waals surface area (Å²) in [4.78, 5) is 2.51. The first-order chi connectivity index (χ1) is 14.1. The zero-order valence-electron chi connectivity index (χ0n) is 17.9. The van der Waals surface area contributed by atoms with Gasteiger partial charge in [-0.15, -0.1) is 0 Å². The molecule has 0 amide bonds. The summed E-state index contributed by atoms with van der Waals surface area (Å²) in [5.41, 5.74) is 3.47. The molecule has 0 atom stereocenters. The Morgan fingerprint density at radius 2 is 1.59 bits per heavy atom. The minimum absolute atomic E-state index is 0.0206. The highest BCUT2D eigenvalue weighted by atomic mass is 16.5. The second kappa shape index (κ2) is 8.15. The Hall–Kier alpha value is -2.40. The summed E-state index contributed by atoms with van der Waals surface area (Å²) in [6.45, 7) is 5.63. The monoisotopic (exact) mass is 397 g/mol. The van der Waals surface area contributed by atoms with Crippen molar-refractivity contribution in [1.82, 2.24) is 4.90 Å². The average Bonchev–Trinajstić information content (AvgIpc) is 2.78. The molecule has 2 aliphatic rings. The van der Waals surface area contributed by atoms with Crippen molar-refractivity contribution in [3.8, 4) is 34.1 Å². The van der Waals surface area contributed by atoms with Gasteiger partial charge in [-0.3, -0.25) is 0 Å². The van der Waals surface area contributed by atoms with Crippen molar-refractivity contribution in [1.29, 1.82) is 0 Å². The van der Waals surface area contributed by atoms with Gasteiger partial charge in [-0.25, -0.2) is 0 Å². The molecule has 0 unspecified atom stereocenters. The van der Waals surface area contributed by atoms with Crippen LogP contribution in [0.3, 0.4) is 0 Å². The largest absolute Gasteiger partial charge is 0.493 e. The molecular formula is C24H31NO4. The van der Waals surface area contributed by atoms with Crippen molar-refractivity contribution in [3.63, 3.8) is 0 Å². The van der Waals surface area contributed by atoms with Crippen LogP contribution in [0.15, 0.2) is 30.3 Å². The second-order valence-corrected chi connectivity index (χ2v) is 7.96. The van der Waals surface area contributed by atoms with Gasteiger partial charge >= 0.3 is 0 Å². The third-order valence-corrected chi connectivity index (χ3v) is 6.45. The van der Waals surface area contributed by atoms with E-state index in [2.05, 4.69) is 30.0 Å². The lowest BCUT2D eigenvalue weighted by Gasteiger charge is -2.44. The number of methoxy groups -OCH3 is 3. The van der Waals surface area contributed by atoms with Crippen molar-refractivity contribution >= 4 is 0 Å². The Morgan fingerprint density at radius 1 is 0.897 bits per heavy atom. The predicted molar refractivity (Wildman–Crippen MR) is 115 cm³/mol. The highest BCUT2D eigenvalue weighted by Gasteiger charge is 2.39. The molecule has 5 nitrogen and oxygen atoms in total. The number of fused-ring (bicyclic) bond motifs is 1. The number of hydrogen-bond acceptors (Lipinski definition) is 5. The molecule has 4 rings (SSSR count). The van der Waals surface area contributed by atoms with E-state index >= 15 is 0 Å². The minimum atomic E-state index is 0.0206. The summed E-state index contributed by atoms with van der Waals surface area (Å²) < 4.78 is 23.0. The van der Waals surface area contributed by atoms with Gasteiger partial charge in [-0.1, -0.05) is 13.0 Å². The van der Waals surface area contributed by atoms with E-state index in [1.54, 1.807) is 21.3 Å². The van der Waals surface area contributed by atoms with E-state index in [1.165, 1.54) is 5.56 Å². The normalized spacial score (nSPS) is 18.1. The van der Waals surface area contributed by atoms with Crippen molar-refractivity contribution in [3.05, 3.63) is 35.9 Å². The van der Waals surface area contributed by atoms with Crippen molar-refractivity contribution in [2.75, 3.05) is 41.0 Å². The standard InChI is InChI=1S/C24H31NO4/c1-5-25-12-10-24(11-13-25)9-8-18-14-17(6-7-20(18)29-24)19-15-21(26-2)23(28-4)22(16-19)27-3/h6-7,14-16H,5,8-13H2,1-4H3. The van der Waals surface area contributed by atoms with Crippen LogP contribution in [0, 0.1) is 0 Å². The molecule has 0 radical (unpaired) electrons. The molecule has 29 heavy (non-hydrogen) atoms. The lowest BCUT2D eigenvalue weighted by Crippen LogP contribution is -2.49. The highest BCUT2D eigenvalue weighted by molar-refractivity contribution is 5.72. The molecule has 1 spiro atoms. The Kier molecular flexibility index (Phi) is 5.59. The molecule has 0 saturated carbocycles. The highest BCUT2D eigenvalue weighted by Crippen LogP contribution is 2.44. The van der Waals surface area contributed by atoms with E-state index < -0.39 is 0 Å². The Bertz CT molecular complexity index is 846. The van der Waals surface area contributed by atoms with Gasteiger partial charge < -0.3 is 23.8 Å². The molecule has 0 bridgehead atoms. The fraction of sp³-hybridized carbons (Fsp3) is 0.500. The maximum Gasteiger partial charge on any atom is 0.203 e. The fourth-order valence-corrected chi connectivity index (χ4v) is 4.58. The molecular weight excluding hydrogens is 366 g/mol. The van der Waals surface area contributed by atoms with Crippen molar-refractivity contribution in [2.24, 2.45) is 0 Å². The van der Waals surface area contributed by atoms with E-state index in [0.717, 1.165) is 62.2 Å². The summed E-state index contributed by atoms with van der Waals surface area (Å²) >= 11 is 0. The molecule has 156 valence electrons. The second-order valence-electron chi connectivity index (χ2n) is 7.96. The molecule has 0 aliphatic carbocycles. The number of benzene rings is 2. The molecule has 2 aromatic carbocycles. The Labute approximate surface area is 173 Å². The van der Waals surface area contributed by atoms with Crippen LogP contribution in [0.2, 0.25) is 0 Å². The first-order valence-electron chi connectivity index (χ1n) is 10.5. The van der Waals surface area contributed by atoms with Crippen LogP contribution in [0.4, 0.5) is 0 Å². The topological polar surface area (TPSA) is 40.2 Å². The first kappa shape index (κ1) is 19.9. The van der Waals surface area contributed by atoms with Crippen LogP contribution >= 0.6 is 0 Å². The van der Waals surface area contributed by atoms with Gasteiger partial charge in [-0.2, -0.15) is 0 Å². The number of ether oxygens (including phenoxy) is 4. The van der Waals surface area contributed by atoms with Gasteiger partial charge in [-0.05, 0) is 73.2 Å². The molecule has 2 heterocycles. The van der Waals surface area contributed by atoms with Crippen LogP contribution in [0.25, 0.3) is 11.1 Å². The first-order valence-corrected chi connectivity index (χ1v) is 10.5. The third kappa shape index (κ3) is 3.76. The smallest absolute Gasteiger partial charge is 0.203 e. The molecule has 5 heteroatoms. The van der Waals surface area contributed by atoms with Crippen molar-refractivity contribution in [2.45, 2.75) is 38.2 Å².